The molecule has 118 valence electrons. The Bertz CT molecular complexity index is 770. The van der Waals surface area contributed by atoms with Crippen LogP contribution in [0.25, 0.3) is 5.82 Å². The van der Waals surface area contributed by atoms with Crippen LogP contribution < -0.4 is 0 Å². The molecule has 0 bridgehead atoms. The van der Waals surface area contributed by atoms with E-state index in [-0.39, 0.29) is 0 Å². The highest BCUT2D eigenvalue weighted by Gasteiger charge is 2.30. The molecule has 4 nitrogen and oxygen atoms in total. The van der Waals surface area contributed by atoms with Crippen molar-refractivity contribution in [3.8, 4) is 5.82 Å². The van der Waals surface area contributed by atoms with Gasteiger partial charge in [-0.1, -0.05) is 30.0 Å². The lowest BCUT2D eigenvalue weighted by atomic mass is 10.1. The highest BCUT2D eigenvalue weighted by Crippen LogP contribution is 2.30. The number of hydrogen-bond donors (Lipinski definition) is 0. The molecule has 0 N–H and O–H groups in total. The van der Waals surface area contributed by atoms with Crippen molar-refractivity contribution < 1.29 is 13.2 Å². The Morgan fingerprint density at radius 1 is 1.04 bits per heavy atom. The van der Waals surface area contributed by atoms with E-state index in [1.54, 1.807) is 41.3 Å². The minimum absolute atomic E-state index is 0.389. The zero-order chi connectivity index (χ0) is 16.3. The number of aromatic nitrogens is 4. The fourth-order valence-corrected chi connectivity index (χ4v) is 2.67. The lowest BCUT2D eigenvalue weighted by molar-refractivity contribution is -0.137. The summed E-state index contributed by atoms with van der Waals surface area (Å²) in [7, 11) is 0. The highest BCUT2D eigenvalue weighted by atomic mass is 32.2. The molecule has 0 spiro atoms. The van der Waals surface area contributed by atoms with E-state index in [0.717, 1.165) is 12.1 Å². The van der Waals surface area contributed by atoms with E-state index < -0.39 is 11.7 Å². The topological polar surface area (TPSA) is 43.6 Å². The fourth-order valence-electron chi connectivity index (χ4n) is 1.91. The molecular weight excluding hydrogens is 325 g/mol. The van der Waals surface area contributed by atoms with Crippen molar-refractivity contribution in [1.82, 2.24) is 20.0 Å². The van der Waals surface area contributed by atoms with Crippen LogP contribution in [0.2, 0.25) is 0 Å². The minimum Gasteiger partial charge on any atom is -0.221 e. The van der Waals surface area contributed by atoms with Gasteiger partial charge in [0.25, 0.3) is 0 Å². The van der Waals surface area contributed by atoms with Crippen LogP contribution in [0.5, 0.6) is 0 Å². The maximum Gasteiger partial charge on any atom is 0.416 e. The summed E-state index contributed by atoms with van der Waals surface area (Å²) in [4.78, 5) is 0. The van der Waals surface area contributed by atoms with Gasteiger partial charge in [0.1, 0.15) is 5.03 Å². The second-order valence-corrected chi connectivity index (χ2v) is 5.66. The number of benzene rings is 1. The van der Waals surface area contributed by atoms with Crippen molar-refractivity contribution in [2.24, 2.45) is 0 Å². The molecule has 0 radical (unpaired) electrons. The van der Waals surface area contributed by atoms with E-state index >= 15 is 0 Å². The van der Waals surface area contributed by atoms with Gasteiger partial charge in [-0.2, -0.15) is 18.3 Å². The molecular formula is C15H11F3N4S. The standard InChI is InChI=1S/C15H11F3N4S/c16-15(17,18)12-4-1-3-11(9-12)10-23-14-6-5-13(20-21-14)22-8-2-7-19-22/h1-9H,10H2. The van der Waals surface area contributed by atoms with E-state index in [1.807, 2.05) is 0 Å². The van der Waals surface area contributed by atoms with Crippen molar-refractivity contribution in [1.29, 1.82) is 0 Å². The summed E-state index contributed by atoms with van der Waals surface area (Å²) in [5, 5.41) is 12.8. The average Bonchev–Trinajstić information content (AvgIpc) is 3.07. The Hall–Kier alpha value is -2.35. The van der Waals surface area contributed by atoms with E-state index in [0.29, 0.717) is 22.2 Å². The smallest absolute Gasteiger partial charge is 0.221 e. The van der Waals surface area contributed by atoms with Crippen molar-refractivity contribution in [2.45, 2.75) is 17.0 Å². The third-order valence-electron chi connectivity index (χ3n) is 3.01. The molecule has 8 heteroatoms. The number of halogens is 3. The fraction of sp³-hybridized carbons (Fsp3) is 0.133. The van der Waals surface area contributed by atoms with Crippen LogP contribution in [0, 0.1) is 0 Å². The second-order valence-electron chi connectivity index (χ2n) is 4.67. The number of alkyl halides is 3. The van der Waals surface area contributed by atoms with Crippen LogP contribution in [0.1, 0.15) is 11.1 Å². The van der Waals surface area contributed by atoms with Gasteiger partial charge in [0, 0.05) is 18.1 Å². The van der Waals surface area contributed by atoms with Crippen molar-refractivity contribution in [2.75, 3.05) is 0 Å². The third-order valence-corrected chi connectivity index (χ3v) is 4.00. The summed E-state index contributed by atoms with van der Waals surface area (Å²) in [5.41, 5.74) is -0.0570. The normalized spacial score (nSPS) is 11.6. The summed E-state index contributed by atoms with van der Waals surface area (Å²) in [6.45, 7) is 0. The first kappa shape index (κ1) is 15.5. The van der Waals surface area contributed by atoms with Gasteiger partial charge in [-0.15, -0.1) is 10.2 Å². The van der Waals surface area contributed by atoms with Gasteiger partial charge in [0.05, 0.1) is 5.56 Å². The lowest BCUT2D eigenvalue weighted by Crippen LogP contribution is -2.05. The molecule has 0 amide bonds. The van der Waals surface area contributed by atoms with Crippen LogP contribution in [0.15, 0.2) is 59.9 Å². The summed E-state index contributed by atoms with van der Waals surface area (Å²) in [6, 6.07) is 10.6. The van der Waals surface area contributed by atoms with E-state index in [9.17, 15) is 13.2 Å². The van der Waals surface area contributed by atoms with Crippen LogP contribution in [0.4, 0.5) is 13.2 Å². The second kappa shape index (κ2) is 6.41. The zero-order valence-corrected chi connectivity index (χ0v) is 12.6. The predicted octanol–water partition coefficient (Wildman–Crippen LogP) is 3.97. The maximum atomic E-state index is 12.7. The quantitative estimate of drug-likeness (QED) is 0.676. The summed E-state index contributed by atoms with van der Waals surface area (Å²) >= 11 is 1.33. The molecule has 1 aromatic carbocycles. The summed E-state index contributed by atoms with van der Waals surface area (Å²) < 4.78 is 39.6. The zero-order valence-electron chi connectivity index (χ0n) is 11.7. The molecule has 0 aliphatic rings. The molecule has 3 rings (SSSR count). The molecule has 3 aromatic rings. The number of hydrogen-bond acceptors (Lipinski definition) is 4. The van der Waals surface area contributed by atoms with Crippen LogP contribution in [-0.2, 0) is 11.9 Å². The molecule has 23 heavy (non-hydrogen) atoms. The first-order chi connectivity index (χ1) is 11.0. The Labute approximate surface area is 134 Å². The molecule has 0 unspecified atom stereocenters. The summed E-state index contributed by atoms with van der Waals surface area (Å²) in [6.07, 6.45) is -0.941. The monoisotopic (exact) mass is 336 g/mol. The first-order valence-electron chi connectivity index (χ1n) is 6.65. The highest BCUT2D eigenvalue weighted by molar-refractivity contribution is 7.98. The molecule has 0 aliphatic heterocycles. The van der Waals surface area contributed by atoms with Gasteiger partial charge in [0.2, 0.25) is 0 Å². The SMILES string of the molecule is FC(F)(F)c1cccc(CSc2ccc(-n3cccn3)nn2)c1. The first-order valence-corrected chi connectivity index (χ1v) is 7.63. The Morgan fingerprint density at radius 3 is 2.57 bits per heavy atom. The van der Waals surface area contributed by atoms with Gasteiger partial charge < -0.3 is 0 Å². The van der Waals surface area contributed by atoms with E-state index in [4.69, 9.17) is 0 Å². The molecule has 0 saturated carbocycles. The van der Waals surface area contributed by atoms with Gasteiger partial charge >= 0.3 is 6.18 Å². The molecule has 0 saturated heterocycles. The van der Waals surface area contributed by atoms with Gasteiger partial charge in [0.15, 0.2) is 5.82 Å². The van der Waals surface area contributed by atoms with Crippen LogP contribution in [0.3, 0.4) is 0 Å². The van der Waals surface area contributed by atoms with Crippen molar-refractivity contribution >= 4 is 11.8 Å². The third kappa shape index (κ3) is 3.89. The van der Waals surface area contributed by atoms with Crippen LogP contribution in [-0.4, -0.2) is 20.0 Å². The van der Waals surface area contributed by atoms with Crippen LogP contribution >= 0.6 is 11.8 Å². The number of thioether (sulfide) groups is 1. The van der Waals surface area contributed by atoms with Gasteiger partial charge in [-0.3, -0.25) is 0 Å². The molecule has 0 aliphatic carbocycles. The van der Waals surface area contributed by atoms with E-state index in [2.05, 4.69) is 15.3 Å². The van der Waals surface area contributed by atoms with Crippen molar-refractivity contribution in [3.05, 3.63) is 66.0 Å². The molecule has 2 heterocycles. The van der Waals surface area contributed by atoms with E-state index in [1.165, 1.54) is 17.8 Å². The predicted molar refractivity (Wildman–Crippen MR) is 80.2 cm³/mol. The lowest BCUT2D eigenvalue weighted by Gasteiger charge is -2.08. The Balaban J connectivity index is 1.67. The van der Waals surface area contributed by atoms with Gasteiger partial charge in [-0.05, 0) is 29.8 Å². The molecule has 0 fully saturated rings. The number of nitrogens with zero attached hydrogens (tertiary/aromatic N) is 4. The van der Waals surface area contributed by atoms with Gasteiger partial charge in [-0.25, -0.2) is 4.68 Å². The molecule has 2 aromatic heterocycles. The molecule has 0 atom stereocenters. The Morgan fingerprint density at radius 2 is 1.91 bits per heavy atom. The Kier molecular flexibility index (Phi) is 4.33. The average molecular weight is 336 g/mol. The minimum atomic E-state index is -4.33. The van der Waals surface area contributed by atoms with Crippen molar-refractivity contribution in [3.63, 3.8) is 0 Å². The maximum absolute atomic E-state index is 12.7. The summed E-state index contributed by atoms with van der Waals surface area (Å²) in [5.74, 6) is 0.970. The number of rotatable bonds is 4. The largest absolute Gasteiger partial charge is 0.416 e.